The number of rotatable bonds is 3. The highest BCUT2D eigenvalue weighted by Crippen LogP contribution is 2.33. The quantitative estimate of drug-likeness (QED) is 0.690. The van der Waals surface area contributed by atoms with Crippen molar-refractivity contribution in [1.29, 1.82) is 0 Å². The van der Waals surface area contributed by atoms with E-state index >= 15 is 0 Å². The van der Waals surface area contributed by atoms with E-state index in [9.17, 15) is 4.79 Å². The van der Waals surface area contributed by atoms with Crippen molar-refractivity contribution in [2.75, 3.05) is 6.54 Å². The molecule has 0 bridgehead atoms. The maximum Gasteiger partial charge on any atom is 0.150 e. The Morgan fingerprint density at radius 3 is 2.67 bits per heavy atom. The summed E-state index contributed by atoms with van der Waals surface area (Å²) in [6.07, 6.45) is 6.97. The van der Waals surface area contributed by atoms with Gasteiger partial charge in [-0.25, -0.2) is 0 Å². The number of ketones is 1. The molecule has 1 N–H and O–H groups in total. The monoisotopic (exact) mass is 167 g/mol. The second kappa shape index (κ2) is 3.56. The number of carbonyl (C=O) groups is 1. The van der Waals surface area contributed by atoms with Crippen LogP contribution in [0.1, 0.15) is 38.5 Å². The van der Waals surface area contributed by atoms with E-state index in [1.807, 2.05) is 0 Å². The Labute approximate surface area is 73.7 Å². The zero-order valence-electron chi connectivity index (χ0n) is 7.51. The maximum absolute atomic E-state index is 11.6. The van der Waals surface area contributed by atoms with Gasteiger partial charge in [-0.15, -0.1) is 0 Å². The number of piperidine rings is 1. The summed E-state index contributed by atoms with van der Waals surface area (Å²) in [7, 11) is 0. The molecule has 1 saturated carbocycles. The van der Waals surface area contributed by atoms with E-state index in [1.54, 1.807) is 0 Å². The van der Waals surface area contributed by atoms with E-state index in [0.29, 0.717) is 5.78 Å². The van der Waals surface area contributed by atoms with Gasteiger partial charge >= 0.3 is 0 Å². The van der Waals surface area contributed by atoms with E-state index in [2.05, 4.69) is 5.32 Å². The van der Waals surface area contributed by atoms with Crippen LogP contribution in [-0.2, 0) is 4.79 Å². The highest BCUT2D eigenvalue weighted by molar-refractivity contribution is 5.84. The van der Waals surface area contributed by atoms with Crippen LogP contribution >= 0.6 is 0 Å². The van der Waals surface area contributed by atoms with Crippen LogP contribution in [0.15, 0.2) is 0 Å². The molecule has 68 valence electrons. The van der Waals surface area contributed by atoms with E-state index in [-0.39, 0.29) is 6.04 Å². The molecule has 2 fully saturated rings. The maximum atomic E-state index is 11.6. The Hall–Kier alpha value is -0.370. The summed E-state index contributed by atoms with van der Waals surface area (Å²) in [6.45, 7) is 1.04. The van der Waals surface area contributed by atoms with Gasteiger partial charge in [-0.1, -0.05) is 6.42 Å². The van der Waals surface area contributed by atoms with Gasteiger partial charge in [-0.3, -0.25) is 4.79 Å². The third-order valence-corrected chi connectivity index (χ3v) is 2.89. The summed E-state index contributed by atoms with van der Waals surface area (Å²) >= 11 is 0. The van der Waals surface area contributed by atoms with Gasteiger partial charge in [0.25, 0.3) is 0 Å². The van der Waals surface area contributed by atoms with Gasteiger partial charge in [-0.05, 0) is 38.1 Å². The van der Waals surface area contributed by atoms with E-state index < -0.39 is 0 Å². The molecule has 1 saturated heterocycles. The van der Waals surface area contributed by atoms with Crippen molar-refractivity contribution in [3.05, 3.63) is 0 Å². The molecule has 0 amide bonds. The third-order valence-electron chi connectivity index (χ3n) is 2.89. The molecular formula is C10H17NO. The van der Waals surface area contributed by atoms with Crippen LogP contribution in [0.2, 0.25) is 0 Å². The minimum absolute atomic E-state index is 0.208. The Balaban J connectivity index is 1.76. The highest BCUT2D eigenvalue weighted by Gasteiger charge is 2.28. The average Bonchev–Trinajstić information content (AvgIpc) is 2.90. The largest absolute Gasteiger partial charge is 0.307 e. The lowest BCUT2D eigenvalue weighted by atomic mass is 9.98. The Morgan fingerprint density at radius 1 is 1.25 bits per heavy atom. The lowest BCUT2D eigenvalue weighted by Gasteiger charge is -2.21. The molecule has 1 unspecified atom stereocenters. The zero-order chi connectivity index (χ0) is 8.39. The summed E-state index contributed by atoms with van der Waals surface area (Å²) in [5.41, 5.74) is 0. The SMILES string of the molecule is O=C(CC1CC1)C1CCCCN1. The van der Waals surface area contributed by atoms with Crippen LogP contribution in [0.4, 0.5) is 0 Å². The van der Waals surface area contributed by atoms with Crippen molar-refractivity contribution in [2.24, 2.45) is 5.92 Å². The average molecular weight is 167 g/mol. The van der Waals surface area contributed by atoms with Crippen LogP contribution < -0.4 is 5.32 Å². The second-order valence-electron chi connectivity index (χ2n) is 4.12. The first kappa shape index (κ1) is 8.24. The topological polar surface area (TPSA) is 29.1 Å². The van der Waals surface area contributed by atoms with E-state index in [0.717, 1.165) is 25.3 Å². The number of Topliss-reactive ketones (excluding diaryl/α,β-unsaturated/α-hetero) is 1. The minimum Gasteiger partial charge on any atom is -0.307 e. The number of nitrogens with one attached hydrogen (secondary N) is 1. The van der Waals surface area contributed by atoms with Crippen LogP contribution in [-0.4, -0.2) is 18.4 Å². The first-order valence-corrected chi connectivity index (χ1v) is 5.12. The summed E-state index contributed by atoms with van der Waals surface area (Å²) in [4.78, 5) is 11.6. The van der Waals surface area contributed by atoms with Crippen molar-refractivity contribution in [2.45, 2.75) is 44.6 Å². The van der Waals surface area contributed by atoms with Crippen molar-refractivity contribution in [1.82, 2.24) is 5.32 Å². The van der Waals surface area contributed by atoms with Crippen LogP contribution in [0, 0.1) is 5.92 Å². The van der Waals surface area contributed by atoms with Crippen LogP contribution in [0.25, 0.3) is 0 Å². The number of hydrogen-bond acceptors (Lipinski definition) is 2. The third kappa shape index (κ3) is 2.07. The molecule has 2 heteroatoms. The molecule has 1 aliphatic heterocycles. The van der Waals surface area contributed by atoms with Gasteiger partial charge in [-0.2, -0.15) is 0 Å². The fourth-order valence-corrected chi connectivity index (χ4v) is 1.88. The molecule has 1 atom stereocenters. The first-order valence-electron chi connectivity index (χ1n) is 5.12. The molecule has 2 rings (SSSR count). The van der Waals surface area contributed by atoms with Gasteiger partial charge in [0.05, 0.1) is 6.04 Å². The Bertz CT molecular complexity index is 169. The molecule has 0 aromatic rings. The predicted octanol–water partition coefficient (Wildman–Crippen LogP) is 1.50. The molecule has 1 aliphatic carbocycles. The van der Waals surface area contributed by atoms with E-state index in [4.69, 9.17) is 0 Å². The van der Waals surface area contributed by atoms with Crippen LogP contribution in [0.3, 0.4) is 0 Å². The summed E-state index contributed by atoms with van der Waals surface area (Å²) in [5.74, 6) is 1.22. The predicted molar refractivity (Wildman–Crippen MR) is 48.0 cm³/mol. The number of carbonyl (C=O) groups excluding carboxylic acids is 1. The molecule has 1 heterocycles. The molecule has 0 radical (unpaired) electrons. The molecule has 0 spiro atoms. The normalized spacial score (nSPS) is 30.2. The summed E-state index contributed by atoms with van der Waals surface area (Å²) in [5, 5.41) is 3.30. The lowest BCUT2D eigenvalue weighted by molar-refractivity contribution is -0.121. The number of hydrogen-bond donors (Lipinski definition) is 1. The van der Waals surface area contributed by atoms with Crippen molar-refractivity contribution < 1.29 is 4.79 Å². The Morgan fingerprint density at radius 2 is 2.08 bits per heavy atom. The first-order chi connectivity index (χ1) is 5.86. The molecule has 0 aromatic carbocycles. The van der Waals surface area contributed by atoms with Crippen molar-refractivity contribution in [3.63, 3.8) is 0 Å². The fourth-order valence-electron chi connectivity index (χ4n) is 1.88. The van der Waals surface area contributed by atoms with E-state index in [1.165, 1.54) is 25.7 Å². The zero-order valence-corrected chi connectivity index (χ0v) is 7.51. The lowest BCUT2D eigenvalue weighted by Crippen LogP contribution is -2.40. The van der Waals surface area contributed by atoms with Gasteiger partial charge in [0.2, 0.25) is 0 Å². The molecular weight excluding hydrogens is 150 g/mol. The molecule has 0 aromatic heterocycles. The van der Waals surface area contributed by atoms with Crippen molar-refractivity contribution >= 4 is 5.78 Å². The molecule has 2 aliphatic rings. The summed E-state index contributed by atoms with van der Waals surface area (Å²) in [6, 6.07) is 0.208. The second-order valence-corrected chi connectivity index (χ2v) is 4.12. The molecule has 2 nitrogen and oxygen atoms in total. The highest BCUT2D eigenvalue weighted by atomic mass is 16.1. The van der Waals surface area contributed by atoms with Gasteiger partial charge in [0.1, 0.15) is 5.78 Å². The molecule has 12 heavy (non-hydrogen) atoms. The van der Waals surface area contributed by atoms with Gasteiger partial charge in [0.15, 0.2) is 0 Å². The Kier molecular flexibility index (Phi) is 2.45. The fraction of sp³-hybridized carbons (Fsp3) is 0.900. The van der Waals surface area contributed by atoms with Gasteiger partial charge < -0.3 is 5.32 Å². The smallest absolute Gasteiger partial charge is 0.150 e. The standard InChI is InChI=1S/C10H17NO/c12-10(7-8-4-5-8)9-3-1-2-6-11-9/h8-9,11H,1-7H2. The van der Waals surface area contributed by atoms with Crippen molar-refractivity contribution in [3.8, 4) is 0 Å². The summed E-state index contributed by atoms with van der Waals surface area (Å²) < 4.78 is 0. The van der Waals surface area contributed by atoms with Crippen LogP contribution in [0.5, 0.6) is 0 Å². The minimum atomic E-state index is 0.208. The van der Waals surface area contributed by atoms with Gasteiger partial charge in [0, 0.05) is 6.42 Å².